The Labute approximate surface area is 118 Å². The average molecular weight is 287 g/mol. The molecule has 0 aromatic heterocycles. The van der Waals surface area contributed by atoms with Gasteiger partial charge >= 0.3 is 0 Å². The van der Waals surface area contributed by atoms with Crippen LogP contribution in [-0.2, 0) is 11.3 Å². The minimum Gasteiger partial charge on any atom is -0.379 e. The van der Waals surface area contributed by atoms with E-state index < -0.39 is 4.92 Å². The molecular weight excluding hydrogens is 268 g/mol. The van der Waals surface area contributed by atoms with Crippen molar-refractivity contribution in [1.29, 1.82) is 0 Å². The van der Waals surface area contributed by atoms with E-state index in [2.05, 4.69) is 5.32 Å². The van der Waals surface area contributed by atoms with E-state index >= 15 is 0 Å². The maximum Gasteiger partial charge on any atom is 0.288 e. The number of nitro benzene ring substituents is 1. The molecule has 0 atom stereocenters. The molecule has 0 spiro atoms. The summed E-state index contributed by atoms with van der Waals surface area (Å²) in [6.45, 7) is 6.11. The Kier molecular flexibility index (Phi) is 6.77. The highest BCUT2D eigenvalue weighted by Crippen LogP contribution is 2.24. The van der Waals surface area contributed by atoms with E-state index in [1.54, 1.807) is 12.1 Å². The largest absolute Gasteiger partial charge is 0.379 e. The molecule has 0 saturated carbocycles. The number of rotatable bonds is 8. The van der Waals surface area contributed by atoms with Crippen molar-refractivity contribution in [1.82, 2.24) is 5.32 Å². The molecule has 1 aromatic rings. The lowest BCUT2D eigenvalue weighted by molar-refractivity contribution is -0.384. The molecule has 0 fully saturated rings. The maximum atomic E-state index is 10.7. The van der Waals surface area contributed by atoms with Gasteiger partial charge in [0.1, 0.15) is 5.02 Å². The number of hydrogen-bond acceptors (Lipinski definition) is 4. The Morgan fingerprint density at radius 3 is 2.84 bits per heavy atom. The summed E-state index contributed by atoms with van der Waals surface area (Å²) in [5, 5.41) is 14.1. The molecule has 1 rings (SSSR count). The van der Waals surface area contributed by atoms with Crippen LogP contribution in [0, 0.1) is 10.1 Å². The summed E-state index contributed by atoms with van der Waals surface area (Å²) in [4.78, 5) is 10.3. The fourth-order valence-corrected chi connectivity index (χ4v) is 1.74. The van der Waals surface area contributed by atoms with E-state index in [1.165, 1.54) is 6.07 Å². The second-order valence-electron chi connectivity index (χ2n) is 4.49. The lowest BCUT2D eigenvalue weighted by atomic mass is 10.2. The van der Waals surface area contributed by atoms with Crippen molar-refractivity contribution < 1.29 is 9.66 Å². The highest BCUT2D eigenvalue weighted by Gasteiger charge is 2.12. The van der Waals surface area contributed by atoms with Crippen molar-refractivity contribution in [3.63, 3.8) is 0 Å². The van der Waals surface area contributed by atoms with Crippen LogP contribution in [0.1, 0.15) is 25.8 Å². The van der Waals surface area contributed by atoms with Crippen LogP contribution in [0.5, 0.6) is 0 Å². The van der Waals surface area contributed by atoms with Gasteiger partial charge in [-0.3, -0.25) is 10.1 Å². The molecule has 0 unspecified atom stereocenters. The third-order valence-corrected chi connectivity index (χ3v) is 2.81. The van der Waals surface area contributed by atoms with Crippen LogP contribution in [-0.4, -0.2) is 24.2 Å². The van der Waals surface area contributed by atoms with Gasteiger partial charge < -0.3 is 10.1 Å². The molecule has 0 bridgehead atoms. The topological polar surface area (TPSA) is 64.4 Å². The van der Waals surface area contributed by atoms with Crippen LogP contribution in [0.15, 0.2) is 18.2 Å². The van der Waals surface area contributed by atoms with Crippen molar-refractivity contribution in [3.8, 4) is 0 Å². The van der Waals surface area contributed by atoms with Gasteiger partial charge in [-0.2, -0.15) is 0 Å². The first-order valence-corrected chi connectivity index (χ1v) is 6.63. The SMILES string of the molecule is CC(C)OCCCNCc1ccc(Cl)c([N+](=O)[O-])c1. The normalized spacial score (nSPS) is 10.9. The highest BCUT2D eigenvalue weighted by molar-refractivity contribution is 6.32. The molecular formula is C13H19ClN2O3. The minimum absolute atomic E-state index is 0.0518. The Morgan fingerprint density at radius 2 is 2.21 bits per heavy atom. The van der Waals surface area contributed by atoms with E-state index in [4.69, 9.17) is 16.3 Å². The molecule has 1 N–H and O–H groups in total. The van der Waals surface area contributed by atoms with E-state index in [0.717, 1.165) is 18.5 Å². The van der Waals surface area contributed by atoms with Crippen molar-refractivity contribution in [3.05, 3.63) is 38.9 Å². The fourth-order valence-electron chi connectivity index (χ4n) is 1.56. The lowest BCUT2D eigenvalue weighted by Gasteiger charge is -2.08. The predicted molar refractivity (Wildman–Crippen MR) is 75.5 cm³/mol. The Morgan fingerprint density at radius 1 is 1.47 bits per heavy atom. The number of nitrogens with one attached hydrogen (secondary N) is 1. The second kappa shape index (κ2) is 8.09. The summed E-state index contributed by atoms with van der Waals surface area (Å²) in [5.74, 6) is 0. The van der Waals surface area contributed by atoms with Crippen LogP contribution in [0.4, 0.5) is 5.69 Å². The van der Waals surface area contributed by atoms with Crippen LogP contribution < -0.4 is 5.32 Å². The van der Waals surface area contributed by atoms with Crippen molar-refractivity contribution in [2.24, 2.45) is 0 Å². The van der Waals surface area contributed by atoms with Crippen LogP contribution >= 0.6 is 11.6 Å². The number of benzene rings is 1. The number of nitrogens with zero attached hydrogens (tertiary/aromatic N) is 1. The molecule has 6 heteroatoms. The van der Waals surface area contributed by atoms with E-state index in [9.17, 15) is 10.1 Å². The molecule has 0 amide bonds. The summed E-state index contributed by atoms with van der Waals surface area (Å²) in [6.07, 6.45) is 1.16. The molecule has 0 aliphatic carbocycles. The van der Waals surface area contributed by atoms with Crippen molar-refractivity contribution in [2.75, 3.05) is 13.2 Å². The molecule has 106 valence electrons. The summed E-state index contributed by atoms with van der Waals surface area (Å²) in [5.41, 5.74) is 0.796. The minimum atomic E-state index is -0.470. The molecule has 19 heavy (non-hydrogen) atoms. The summed E-state index contributed by atoms with van der Waals surface area (Å²) >= 11 is 5.74. The zero-order valence-electron chi connectivity index (χ0n) is 11.2. The number of nitro groups is 1. The Hall–Kier alpha value is -1.17. The number of ether oxygens (including phenoxy) is 1. The highest BCUT2D eigenvalue weighted by atomic mass is 35.5. The van der Waals surface area contributed by atoms with E-state index in [0.29, 0.717) is 13.2 Å². The molecule has 0 radical (unpaired) electrons. The third kappa shape index (κ3) is 6.00. The Bertz CT molecular complexity index is 424. The fraction of sp³-hybridized carbons (Fsp3) is 0.538. The number of halogens is 1. The van der Waals surface area contributed by atoms with Gasteiger partial charge in [0.2, 0.25) is 0 Å². The van der Waals surface area contributed by atoms with Gasteiger partial charge in [-0.15, -0.1) is 0 Å². The van der Waals surface area contributed by atoms with Gasteiger partial charge in [0.25, 0.3) is 5.69 Å². The van der Waals surface area contributed by atoms with Crippen molar-refractivity contribution >= 4 is 17.3 Å². The van der Waals surface area contributed by atoms with Crippen molar-refractivity contribution in [2.45, 2.75) is 32.9 Å². The molecule has 0 aliphatic heterocycles. The summed E-state index contributed by atoms with van der Waals surface area (Å²) in [6, 6.07) is 4.84. The summed E-state index contributed by atoms with van der Waals surface area (Å²) < 4.78 is 5.41. The summed E-state index contributed by atoms with van der Waals surface area (Å²) in [7, 11) is 0. The Balaban J connectivity index is 2.34. The molecule has 5 nitrogen and oxygen atoms in total. The zero-order chi connectivity index (χ0) is 14.3. The maximum absolute atomic E-state index is 10.7. The van der Waals surface area contributed by atoms with E-state index in [-0.39, 0.29) is 16.8 Å². The smallest absolute Gasteiger partial charge is 0.288 e. The molecule has 0 saturated heterocycles. The lowest BCUT2D eigenvalue weighted by Crippen LogP contribution is -2.17. The van der Waals surface area contributed by atoms with Crippen LogP contribution in [0.3, 0.4) is 0 Å². The van der Waals surface area contributed by atoms with Gasteiger partial charge in [-0.25, -0.2) is 0 Å². The molecule has 1 aromatic carbocycles. The zero-order valence-corrected chi connectivity index (χ0v) is 11.9. The quantitative estimate of drug-likeness (QED) is 0.453. The first-order chi connectivity index (χ1) is 9.00. The van der Waals surface area contributed by atoms with Gasteiger partial charge in [0.05, 0.1) is 11.0 Å². The monoisotopic (exact) mass is 286 g/mol. The average Bonchev–Trinajstić information content (AvgIpc) is 2.34. The number of hydrogen-bond donors (Lipinski definition) is 1. The van der Waals surface area contributed by atoms with Gasteiger partial charge in [-0.05, 0) is 38.4 Å². The first kappa shape index (κ1) is 15.9. The first-order valence-electron chi connectivity index (χ1n) is 6.26. The molecule has 0 heterocycles. The van der Waals surface area contributed by atoms with Gasteiger partial charge in [0, 0.05) is 19.2 Å². The van der Waals surface area contributed by atoms with Gasteiger partial charge in [-0.1, -0.05) is 17.7 Å². The van der Waals surface area contributed by atoms with Gasteiger partial charge in [0.15, 0.2) is 0 Å². The third-order valence-electron chi connectivity index (χ3n) is 2.49. The standard InChI is InChI=1S/C13H19ClN2O3/c1-10(2)19-7-3-6-15-9-11-4-5-12(14)13(8-11)16(17)18/h4-5,8,10,15H,3,6-7,9H2,1-2H3. The predicted octanol–water partition coefficient (Wildman–Crippen LogP) is 3.15. The van der Waals surface area contributed by atoms with Crippen LogP contribution in [0.25, 0.3) is 0 Å². The second-order valence-corrected chi connectivity index (χ2v) is 4.90. The van der Waals surface area contributed by atoms with Crippen LogP contribution in [0.2, 0.25) is 5.02 Å². The van der Waals surface area contributed by atoms with E-state index in [1.807, 2.05) is 13.8 Å². The molecule has 0 aliphatic rings.